The van der Waals surface area contributed by atoms with Crippen molar-refractivity contribution in [2.75, 3.05) is 18.0 Å². The number of para-hydroxylation sites is 1. The lowest BCUT2D eigenvalue weighted by Gasteiger charge is -2.17. The molecule has 0 spiro atoms. The van der Waals surface area contributed by atoms with Crippen LogP contribution in [0.1, 0.15) is 5.56 Å². The summed E-state index contributed by atoms with van der Waals surface area (Å²) in [6.07, 6.45) is 0.962. The maximum atomic E-state index is 12.5. The second-order valence-electron chi connectivity index (χ2n) is 5.61. The molecule has 0 saturated carbocycles. The van der Waals surface area contributed by atoms with E-state index in [-0.39, 0.29) is 5.56 Å². The highest BCUT2D eigenvalue weighted by Gasteiger charge is 2.22. The molecule has 0 radical (unpaired) electrons. The molecule has 22 heavy (non-hydrogen) atoms. The molecule has 0 atom stereocenters. The standard InChI is InChI=1S/C18H17N3O/c22-17-15-8-4-5-9-16(15)19-18-20(12-13-21(17)18)11-10-14-6-2-1-3-7-14/h1-9H,10-13H2. The van der Waals surface area contributed by atoms with Gasteiger partial charge in [-0.15, -0.1) is 0 Å². The van der Waals surface area contributed by atoms with Gasteiger partial charge in [-0.3, -0.25) is 9.36 Å². The lowest BCUT2D eigenvalue weighted by molar-refractivity contribution is 0.750. The molecule has 110 valence electrons. The third-order valence-corrected chi connectivity index (χ3v) is 4.23. The Morgan fingerprint density at radius 2 is 1.73 bits per heavy atom. The van der Waals surface area contributed by atoms with E-state index in [2.05, 4.69) is 29.2 Å². The normalized spacial score (nSPS) is 13.5. The van der Waals surface area contributed by atoms with Gasteiger partial charge < -0.3 is 4.90 Å². The largest absolute Gasteiger partial charge is 0.340 e. The summed E-state index contributed by atoms with van der Waals surface area (Å²) >= 11 is 0. The number of benzene rings is 2. The summed E-state index contributed by atoms with van der Waals surface area (Å²) in [5.41, 5.74) is 2.16. The van der Waals surface area contributed by atoms with E-state index in [1.54, 1.807) is 4.57 Å². The number of fused-ring (bicyclic) bond motifs is 2. The lowest BCUT2D eigenvalue weighted by Crippen LogP contribution is -2.25. The minimum absolute atomic E-state index is 0.0720. The third-order valence-electron chi connectivity index (χ3n) is 4.23. The van der Waals surface area contributed by atoms with Crippen LogP contribution in [0.5, 0.6) is 0 Å². The minimum atomic E-state index is 0.0720. The Morgan fingerprint density at radius 1 is 0.955 bits per heavy atom. The Balaban J connectivity index is 1.66. The smallest absolute Gasteiger partial charge is 0.262 e. The number of rotatable bonds is 3. The molecule has 2 heterocycles. The molecule has 0 bridgehead atoms. The quantitative estimate of drug-likeness (QED) is 0.744. The average Bonchev–Trinajstić information content (AvgIpc) is 2.97. The molecule has 2 aromatic carbocycles. The number of anilines is 1. The van der Waals surface area contributed by atoms with Crippen molar-refractivity contribution in [1.29, 1.82) is 0 Å². The average molecular weight is 291 g/mol. The summed E-state index contributed by atoms with van der Waals surface area (Å²) in [5, 5.41) is 0.705. The predicted octanol–water partition coefficient (Wildman–Crippen LogP) is 2.46. The molecule has 0 aliphatic carbocycles. The molecular formula is C18H17N3O. The Bertz CT molecular complexity index is 870. The summed E-state index contributed by atoms with van der Waals surface area (Å²) < 4.78 is 1.80. The van der Waals surface area contributed by atoms with Crippen LogP contribution in [0, 0.1) is 0 Å². The van der Waals surface area contributed by atoms with Gasteiger partial charge in [-0.25, -0.2) is 4.98 Å². The third kappa shape index (κ3) is 2.17. The first kappa shape index (κ1) is 13.1. The van der Waals surface area contributed by atoms with Crippen LogP contribution in [0.4, 0.5) is 5.95 Å². The van der Waals surface area contributed by atoms with Gasteiger partial charge in [-0.05, 0) is 24.1 Å². The molecule has 3 aromatic rings. The molecule has 1 aliphatic heterocycles. The summed E-state index contributed by atoms with van der Waals surface area (Å²) in [4.78, 5) is 19.4. The summed E-state index contributed by atoms with van der Waals surface area (Å²) in [7, 11) is 0. The first-order chi connectivity index (χ1) is 10.8. The van der Waals surface area contributed by atoms with Crippen molar-refractivity contribution in [3.8, 4) is 0 Å². The number of aromatic nitrogens is 2. The van der Waals surface area contributed by atoms with E-state index < -0.39 is 0 Å². The van der Waals surface area contributed by atoms with Gasteiger partial charge in [0.1, 0.15) is 0 Å². The SMILES string of the molecule is O=c1c2ccccc2nc2n1CCN2CCc1ccccc1. The highest BCUT2D eigenvalue weighted by molar-refractivity contribution is 5.78. The number of hydrogen-bond donors (Lipinski definition) is 0. The molecule has 0 N–H and O–H groups in total. The summed E-state index contributed by atoms with van der Waals surface area (Å²) in [5.74, 6) is 0.805. The van der Waals surface area contributed by atoms with E-state index in [1.165, 1.54) is 5.56 Å². The highest BCUT2D eigenvalue weighted by Crippen LogP contribution is 2.20. The molecular weight excluding hydrogens is 274 g/mol. The van der Waals surface area contributed by atoms with Crippen LogP contribution in [0.25, 0.3) is 10.9 Å². The van der Waals surface area contributed by atoms with Crippen LogP contribution >= 0.6 is 0 Å². The molecule has 4 rings (SSSR count). The van der Waals surface area contributed by atoms with Gasteiger partial charge in [0.25, 0.3) is 5.56 Å². The monoisotopic (exact) mass is 291 g/mol. The van der Waals surface area contributed by atoms with Crippen LogP contribution in [0.3, 0.4) is 0 Å². The Morgan fingerprint density at radius 3 is 2.59 bits per heavy atom. The Hall–Kier alpha value is -2.62. The van der Waals surface area contributed by atoms with Crippen molar-refractivity contribution in [3.05, 3.63) is 70.5 Å². The molecule has 0 unspecified atom stereocenters. The van der Waals surface area contributed by atoms with E-state index in [4.69, 9.17) is 4.98 Å². The second kappa shape index (κ2) is 5.30. The maximum absolute atomic E-state index is 12.5. The van der Waals surface area contributed by atoms with E-state index in [0.717, 1.165) is 37.5 Å². The number of nitrogens with zero attached hydrogens (tertiary/aromatic N) is 3. The van der Waals surface area contributed by atoms with E-state index >= 15 is 0 Å². The van der Waals surface area contributed by atoms with E-state index in [1.807, 2.05) is 30.3 Å². The van der Waals surface area contributed by atoms with Crippen LogP contribution in [0.2, 0.25) is 0 Å². The maximum Gasteiger partial charge on any atom is 0.262 e. The van der Waals surface area contributed by atoms with Gasteiger partial charge >= 0.3 is 0 Å². The fourth-order valence-electron chi connectivity index (χ4n) is 3.04. The molecule has 4 nitrogen and oxygen atoms in total. The highest BCUT2D eigenvalue weighted by atomic mass is 16.1. The van der Waals surface area contributed by atoms with Crippen LogP contribution in [-0.2, 0) is 13.0 Å². The minimum Gasteiger partial charge on any atom is -0.340 e. The van der Waals surface area contributed by atoms with Crippen molar-refractivity contribution < 1.29 is 0 Å². The first-order valence-corrected chi connectivity index (χ1v) is 7.61. The van der Waals surface area contributed by atoms with Gasteiger partial charge in [-0.1, -0.05) is 42.5 Å². The summed E-state index contributed by atoms with van der Waals surface area (Å²) in [6.45, 7) is 2.46. The predicted molar refractivity (Wildman–Crippen MR) is 88.4 cm³/mol. The topological polar surface area (TPSA) is 38.1 Å². The Kier molecular flexibility index (Phi) is 3.15. The molecule has 1 aliphatic rings. The van der Waals surface area contributed by atoms with Crippen molar-refractivity contribution in [2.24, 2.45) is 0 Å². The lowest BCUT2D eigenvalue weighted by atomic mass is 10.1. The molecule has 0 amide bonds. The van der Waals surface area contributed by atoms with Gasteiger partial charge in [-0.2, -0.15) is 0 Å². The van der Waals surface area contributed by atoms with Crippen molar-refractivity contribution >= 4 is 16.9 Å². The second-order valence-corrected chi connectivity index (χ2v) is 5.61. The zero-order valence-corrected chi connectivity index (χ0v) is 12.3. The van der Waals surface area contributed by atoms with Gasteiger partial charge in [0, 0.05) is 19.6 Å². The van der Waals surface area contributed by atoms with Crippen molar-refractivity contribution in [1.82, 2.24) is 9.55 Å². The molecule has 1 aromatic heterocycles. The van der Waals surface area contributed by atoms with Crippen molar-refractivity contribution in [3.63, 3.8) is 0 Å². The number of hydrogen-bond acceptors (Lipinski definition) is 3. The van der Waals surface area contributed by atoms with Crippen molar-refractivity contribution in [2.45, 2.75) is 13.0 Å². The van der Waals surface area contributed by atoms with E-state index in [9.17, 15) is 4.79 Å². The van der Waals surface area contributed by atoms with Crippen LogP contribution < -0.4 is 10.5 Å². The zero-order chi connectivity index (χ0) is 14.9. The molecule has 4 heteroatoms. The van der Waals surface area contributed by atoms with Crippen LogP contribution in [0.15, 0.2) is 59.4 Å². The first-order valence-electron chi connectivity index (χ1n) is 7.61. The molecule has 0 saturated heterocycles. The Labute approximate surface area is 128 Å². The van der Waals surface area contributed by atoms with Gasteiger partial charge in [0.15, 0.2) is 0 Å². The van der Waals surface area contributed by atoms with Gasteiger partial charge in [0.05, 0.1) is 10.9 Å². The fraction of sp³-hybridized carbons (Fsp3) is 0.222. The van der Waals surface area contributed by atoms with Gasteiger partial charge in [0.2, 0.25) is 5.95 Å². The van der Waals surface area contributed by atoms with E-state index in [0.29, 0.717) is 5.39 Å². The fourth-order valence-corrected chi connectivity index (χ4v) is 3.04. The molecule has 0 fully saturated rings. The summed E-state index contributed by atoms with van der Waals surface area (Å²) in [6, 6.07) is 18.0. The zero-order valence-electron chi connectivity index (χ0n) is 12.3. The van der Waals surface area contributed by atoms with Crippen LogP contribution in [-0.4, -0.2) is 22.6 Å².